The summed E-state index contributed by atoms with van der Waals surface area (Å²) in [5, 5.41) is 41.0. The largest absolute Gasteiger partial charge is 0.479 e. The predicted molar refractivity (Wildman–Crippen MR) is 137 cm³/mol. The Bertz CT molecular complexity index is 1220. The second kappa shape index (κ2) is 10.2. The Balaban J connectivity index is 1.24. The van der Waals surface area contributed by atoms with Crippen LogP contribution in [0.15, 0.2) is 54.6 Å². The molecule has 0 aromatic heterocycles. The Morgan fingerprint density at radius 3 is 2.33 bits per heavy atom. The molecule has 2 bridgehead atoms. The molecular weight excluding hydrogens is 504 g/mol. The standard InChI is InChI=1S/C29H34N2O8/c32-23-24(33)26(28(35)36)39-27(25(23)34)31-14-11-18(12-15-31)21(16-31)38-29(37)30-13-10-17-6-4-5-9-20(17)22(30)19-7-2-1-3-8-19/h1-9,18,21-27,32-34H,10-16H2/p+1/t18?,21-,22-,23?,24?,25?,26?,27?,31?/m1/s1. The van der Waals surface area contributed by atoms with Crippen LogP contribution < -0.4 is 0 Å². The van der Waals surface area contributed by atoms with Gasteiger partial charge in [-0.15, -0.1) is 0 Å². The summed E-state index contributed by atoms with van der Waals surface area (Å²) >= 11 is 0. The molecule has 7 rings (SSSR count). The normalized spacial score (nSPS) is 37.7. The van der Waals surface area contributed by atoms with Crippen LogP contribution in [-0.4, -0.2) is 105 Å². The van der Waals surface area contributed by atoms with Gasteiger partial charge in [-0.05, 0) is 23.1 Å². The first-order chi connectivity index (χ1) is 18.8. The molecule has 10 heteroatoms. The summed E-state index contributed by atoms with van der Waals surface area (Å²) in [6, 6.07) is 17.8. The molecule has 5 unspecified atom stereocenters. The molecule has 10 nitrogen and oxygen atoms in total. The molecule has 7 atom stereocenters. The Morgan fingerprint density at radius 1 is 0.923 bits per heavy atom. The van der Waals surface area contributed by atoms with Gasteiger partial charge in [-0.3, -0.25) is 9.38 Å². The molecule has 5 aliphatic heterocycles. The number of aliphatic hydroxyl groups is 3. The maximum Gasteiger partial charge on any atom is 0.411 e. The lowest BCUT2D eigenvalue weighted by molar-refractivity contribution is -0.993. The van der Waals surface area contributed by atoms with Crippen molar-refractivity contribution in [2.45, 2.75) is 62.1 Å². The molecule has 39 heavy (non-hydrogen) atoms. The van der Waals surface area contributed by atoms with Gasteiger partial charge in [0.05, 0.1) is 19.1 Å². The summed E-state index contributed by atoms with van der Waals surface area (Å²) in [6.07, 6.45) is -6.26. The number of carbonyl (C=O) groups excluding carboxylic acids is 1. The van der Waals surface area contributed by atoms with Gasteiger partial charge in [0.2, 0.25) is 6.23 Å². The Morgan fingerprint density at radius 2 is 1.62 bits per heavy atom. The molecule has 0 aliphatic carbocycles. The number of carboxylic acid groups (broad SMARTS) is 1. The van der Waals surface area contributed by atoms with E-state index in [4.69, 9.17) is 9.47 Å². The topological polar surface area (TPSA) is 137 Å². The number of aliphatic hydroxyl groups excluding tert-OH is 3. The van der Waals surface area contributed by atoms with Crippen molar-refractivity contribution in [2.24, 2.45) is 5.92 Å². The van der Waals surface area contributed by atoms with Crippen molar-refractivity contribution in [2.75, 3.05) is 26.2 Å². The minimum atomic E-state index is -1.74. The molecule has 0 radical (unpaired) electrons. The fraction of sp³-hybridized carbons (Fsp3) is 0.517. The van der Waals surface area contributed by atoms with Gasteiger partial charge >= 0.3 is 12.1 Å². The van der Waals surface area contributed by atoms with Crippen LogP contribution in [0.25, 0.3) is 0 Å². The number of carboxylic acids is 1. The van der Waals surface area contributed by atoms with Gasteiger partial charge in [-0.25, -0.2) is 9.59 Å². The second-order valence-corrected chi connectivity index (χ2v) is 11.3. The SMILES string of the molecule is O=C(O)C1OC([N+]23CCC(CC2)[C@H](OC(=O)N2CCc4ccccc4[C@H]2c2ccccc2)C3)C(O)C(O)C1O. The van der Waals surface area contributed by atoms with E-state index in [9.17, 15) is 30.0 Å². The number of carbonyl (C=O) groups is 2. The first kappa shape index (κ1) is 26.2. The number of rotatable bonds is 4. The number of nitrogens with zero attached hydrogens (tertiary/aromatic N) is 2. The van der Waals surface area contributed by atoms with Gasteiger partial charge in [-0.1, -0.05) is 54.6 Å². The third-order valence-electron chi connectivity index (χ3n) is 9.22. The first-order valence-corrected chi connectivity index (χ1v) is 13.7. The molecule has 4 saturated heterocycles. The highest BCUT2D eigenvalue weighted by Gasteiger charge is 2.60. The molecule has 5 aliphatic rings. The van der Waals surface area contributed by atoms with Gasteiger partial charge in [0, 0.05) is 25.3 Å². The van der Waals surface area contributed by atoms with Crippen molar-refractivity contribution in [3.05, 3.63) is 71.3 Å². The lowest BCUT2D eigenvalue weighted by Crippen LogP contribution is -2.76. The molecule has 4 N–H and O–H groups in total. The first-order valence-electron chi connectivity index (χ1n) is 13.7. The van der Waals surface area contributed by atoms with Gasteiger partial charge < -0.3 is 29.9 Å². The third kappa shape index (κ3) is 4.50. The van der Waals surface area contributed by atoms with Crippen LogP contribution >= 0.6 is 0 Å². The molecule has 208 valence electrons. The molecule has 0 spiro atoms. The van der Waals surface area contributed by atoms with E-state index in [1.807, 2.05) is 42.5 Å². The van der Waals surface area contributed by atoms with Crippen LogP contribution in [0.5, 0.6) is 0 Å². The van der Waals surface area contributed by atoms with Crippen LogP contribution in [0.3, 0.4) is 0 Å². The zero-order chi connectivity index (χ0) is 27.3. The van der Waals surface area contributed by atoms with Gasteiger partial charge in [0.25, 0.3) is 0 Å². The average Bonchev–Trinajstić information content (AvgIpc) is 2.96. The van der Waals surface area contributed by atoms with Crippen molar-refractivity contribution in [1.82, 2.24) is 4.90 Å². The van der Waals surface area contributed by atoms with E-state index in [1.165, 1.54) is 5.56 Å². The lowest BCUT2D eigenvalue weighted by atomic mass is 9.81. The van der Waals surface area contributed by atoms with Crippen LogP contribution in [0, 0.1) is 5.92 Å². The lowest BCUT2D eigenvalue weighted by Gasteiger charge is -2.57. The minimum absolute atomic E-state index is 0.146. The third-order valence-corrected chi connectivity index (χ3v) is 9.22. The van der Waals surface area contributed by atoms with E-state index in [2.05, 4.69) is 12.1 Å². The molecule has 2 aromatic carbocycles. The number of amides is 1. The van der Waals surface area contributed by atoms with Gasteiger partial charge in [0.15, 0.2) is 18.3 Å². The number of ether oxygens (including phenoxy) is 2. The molecule has 5 heterocycles. The van der Waals surface area contributed by atoms with Gasteiger partial charge in [-0.2, -0.15) is 0 Å². The maximum absolute atomic E-state index is 13.8. The van der Waals surface area contributed by atoms with Crippen molar-refractivity contribution in [1.29, 1.82) is 0 Å². The predicted octanol–water partition coefficient (Wildman–Crippen LogP) is 1.27. The van der Waals surface area contributed by atoms with E-state index in [0.29, 0.717) is 39.0 Å². The Hall–Kier alpha value is -3.02. The maximum atomic E-state index is 13.8. The van der Waals surface area contributed by atoms with Crippen LogP contribution in [-0.2, 0) is 20.7 Å². The number of fused-ring (bicyclic) bond motifs is 4. The average molecular weight is 540 g/mol. The van der Waals surface area contributed by atoms with Crippen LogP contribution in [0.4, 0.5) is 4.79 Å². The van der Waals surface area contributed by atoms with Gasteiger partial charge in [0.1, 0.15) is 18.8 Å². The monoisotopic (exact) mass is 539 g/mol. The molecule has 1 amide bonds. The minimum Gasteiger partial charge on any atom is -0.479 e. The number of quaternary nitrogens is 1. The quantitative estimate of drug-likeness (QED) is 0.427. The van der Waals surface area contributed by atoms with Crippen molar-refractivity contribution < 1.29 is 44.0 Å². The van der Waals surface area contributed by atoms with E-state index in [1.54, 1.807) is 4.90 Å². The molecule has 2 aromatic rings. The second-order valence-electron chi connectivity index (χ2n) is 11.3. The van der Waals surface area contributed by atoms with E-state index < -0.39 is 48.8 Å². The zero-order valence-electron chi connectivity index (χ0n) is 21.6. The number of hydrogen-bond donors (Lipinski definition) is 4. The summed E-state index contributed by atoms with van der Waals surface area (Å²) in [7, 11) is 0. The number of piperidine rings is 3. The van der Waals surface area contributed by atoms with E-state index >= 15 is 0 Å². The molecule has 0 saturated carbocycles. The summed E-state index contributed by atoms with van der Waals surface area (Å²) in [5.74, 6) is -1.25. The Kier molecular flexibility index (Phi) is 6.84. The van der Waals surface area contributed by atoms with Crippen LogP contribution in [0.2, 0.25) is 0 Å². The smallest absolute Gasteiger partial charge is 0.411 e. The summed E-state index contributed by atoms with van der Waals surface area (Å²) in [4.78, 5) is 27.3. The summed E-state index contributed by atoms with van der Waals surface area (Å²) < 4.78 is 12.1. The highest BCUT2D eigenvalue weighted by Crippen LogP contribution is 2.42. The summed E-state index contributed by atoms with van der Waals surface area (Å²) in [6.45, 7) is 2.05. The van der Waals surface area contributed by atoms with Crippen molar-refractivity contribution in [3.8, 4) is 0 Å². The number of benzene rings is 2. The fourth-order valence-electron chi connectivity index (χ4n) is 7.13. The van der Waals surface area contributed by atoms with E-state index in [-0.39, 0.29) is 16.4 Å². The highest BCUT2D eigenvalue weighted by molar-refractivity contribution is 5.73. The zero-order valence-corrected chi connectivity index (χ0v) is 21.6. The van der Waals surface area contributed by atoms with Crippen LogP contribution in [0.1, 0.15) is 35.6 Å². The van der Waals surface area contributed by atoms with Crippen molar-refractivity contribution >= 4 is 12.1 Å². The number of aliphatic carboxylic acids is 1. The summed E-state index contributed by atoms with van der Waals surface area (Å²) in [5.41, 5.74) is 3.29. The highest BCUT2D eigenvalue weighted by atomic mass is 16.6. The van der Waals surface area contributed by atoms with Crippen molar-refractivity contribution in [3.63, 3.8) is 0 Å². The molecular formula is C29H35N2O8+. The Labute approximate surface area is 226 Å². The molecule has 4 fully saturated rings. The number of hydrogen-bond acceptors (Lipinski definition) is 7. The fourth-order valence-corrected chi connectivity index (χ4v) is 7.13. The van der Waals surface area contributed by atoms with E-state index in [0.717, 1.165) is 17.5 Å².